The van der Waals surface area contributed by atoms with E-state index in [1.165, 1.54) is 53.4 Å². The van der Waals surface area contributed by atoms with Crippen LogP contribution in [0.5, 0.6) is 5.75 Å². The van der Waals surface area contributed by atoms with Gasteiger partial charge in [0.2, 0.25) is 5.91 Å². The fraction of sp³-hybridized carbons (Fsp3) is 0.306. The van der Waals surface area contributed by atoms with Crippen LogP contribution < -0.4 is 15.4 Å². The van der Waals surface area contributed by atoms with E-state index in [1.807, 2.05) is 30.3 Å². The second-order valence-corrected chi connectivity index (χ2v) is 12.1. The highest BCUT2D eigenvalue weighted by atomic mass is 19.1. The summed E-state index contributed by atoms with van der Waals surface area (Å²) in [6.07, 6.45) is -5.77. The minimum atomic E-state index is -1.79. The molecule has 0 saturated carbocycles. The molecule has 0 unspecified atom stereocenters. The van der Waals surface area contributed by atoms with Gasteiger partial charge in [-0.3, -0.25) is 4.79 Å². The van der Waals surface area contributed by atoms with Gasteiger partial charge in [0.1, 0.15) is 53.9 Å². The molecule has 0 bridgehead atoms. The molecule has 1 amide bonds. The number of rotatable bonds is 15. The van der Waals surface area contributed by atoms with Crippen molar-refractivity contribution in [3.8, 4) is 16.9 Å². The largest absolute Gasteiger partial charge is 0.491 e. The number of ether oxygens (including phenoxy) is 1. The van der Waals surface area contributed by atoms with Crippen LogP contribution in [0, 0.1) is 16.5 Å². The van der Waals surface area contributed by atoms with Crippen molar-refractivity contribution in [1.29, 1.82) is 0 Å². The number of aliphatic hydroxyl groups excluding tert-OH is 5. The number of anilines is 1. The summed E-state index contributed by atoms with van der Waals surface area (Å²) in [5, 5.41) is 52.4. The van der Waals surface area contributed by atoms with Gasteiger partial charge in [-0.25, -0.2) is 8.78 Å². The van der Waals surface area contributed by atoms with Gasteiger partial charge in [-0.1, -0.05) is 53.7 Å². The number of halogens is 2. The lowest BCUT2D eigenvalue weighted by Gasteiger charge is -2.54. The molecule has 1 fully saturated rings. The third-order valence-electron chi connectivity index (χ3n) is 8.82. The van der Waals surface area contributed by atoms with E-state index in [9.17, 15) is 38.9 Å². The third kappa shape index (κ3) is 7.67. The van der Waals surface area contributed by atoms with Gasteiger partial charge in [-0.15, -0.1) is 0 Å². The summed E-state index contributed by atoms with van der Waals surface area (Å²) >= 11 is 0. The van der Waals surface area contributed by atoms with Crippen molar-refractivity contribution >= 4 is 11.6 Å². The number of benzene rings is 4. The molecule has 11 nitrogen and oxygen atoms in total. The van der Waals surface area contributed by atoms with Gasteiger partial charge >= 0.3 is 0 Å². The van der Waals surface area contributed by atoms with E-state index in [2.05, 4.69) is 5.18 Å². The number of nitrogens with zero attached hydrogens (tertiary/aromatic N) is 2. The lowest BCUT2D eigenvalue weighted by Crippen LogP contribution is -2.73. The summed E-state index contributed by atoms with van der Waals surface area (Å²) in [6.45, 7) is -1.26. The molecule has 258 valence electrons. The van der Waals surface area contributed by atoms with Gasteiger partial charge < -0.3 is 40.9 Å². The first kappa shape index (κ1) is 35.7. The summed E-state index contributed by atoms with van der Waals surface area (Å²) in [4.78, 5) is 26.3. The Morgan fingerprint density at radius 3 is 2.10 bits per heavy atom. The molecule has 1 saturated heterocycles. The molecule has 0 spiro atoms. The maximum Gasteiger partial charge on any atom is 0.250 e. The average molecular weight is 678 g/mol. The lowest BCUT2D eigenvalue weighted by atomic mass is 9.71. The standard InChI is InChI=1S/C36H37F2N3O8/c37-25-10-8-22(9-11-25)29(43)16-17-36(39)34(41(35(36)47)27-14-12-26(38)13-15-27)23-6-4-21(5-7-23)24-2-1-3-28(18-24)49-20-31(45)32(40-48)33(46)30(44)19-42/h1-15,18,29-34,42-46H,16-17,19-20,39H2/t29-,30-,31+,32+,33+,34+,36-/m0/s1. The Bertz CT molecular complexity index is 1730. The summed E-state index contributed by atoms with van der Waals surface area (Å²) in [7, 11) is 0. The molecule has 4 aromatic carbocycles. The van der Waals surface area contributed by atoms with Gasteiger partial charge in [-0.05, 0) is 83.6 Å². The monoisotopic (exact) mass is 677 g/mol. The SMILES string of the molecule is N[C@]1(CC[C@H](O)c2ccc(F)cc2)C(=O)N(c2ccc(F)cc2)[C@@H]1c1ccc(-c2cccc(OC[C@@H](O)[C@@H](N=O)[C@H](O)[C@@H](O)CO)c2)cc1. The minimum absolute atomic E-state index is 0.107. The fourth-order valence-electron chi connectivity index (χ4n) is 6.01. The molecule has 1 aliphatic rings. The van der Waals surface area contributed by atoms with Crippen LogP contribution in [0.4, 0.5) is 14.5 Å². The molecule has 1 heterocycles. The van der Waals surface area contributed by atoms with Gasteiger partial charge in [0.05, 0.1) is 18.8 Å². The van der Waals surface area contributed by atoms with E-state index in [4.69, 9.17) is 15.6 Å². The summed E-state index contributed by atoms with van der Waals surface area (Å²) < 4.78 is 32.8. The van der Waals surface area contributed by atoms with E-state index in [-0.39, 0.29) is 12.8 Å². The summed E-state index contributed by atoms with van der Waals surface area (Å²) in [5.41, 5.74) is 8.51. The molecule has 7 N–H and O–H groups in total. The molecular formula is C36H37F2N3O8. The first-order chi connectivity index (χ1) is 23.5. The number of nitroso groups, excluding NO2 is 1. The van der Waals surface area contributed by atoms with E-state index in [0.29, 0.717) is 22.6 Å². The molecule has 13 heteroatoms. The van der Waals surface area contributed by atoms with E-state index in [1.54, 1.807) is 18.2 Å². The van der Waals surface area contributed by atoms with Crippen molar-refractivity contribution in [3.63, 3.8) is 0 Å². The van der Waals surface area contributed by atoms with Crippen molar-refractivity contribution in [2.75, 3.05) is 18.1 Å². The number of amides is 1. The van der Waals surface area contributed by atoms with E-state index >= 15 is 0 Å². The number of nitrogens with two attached hydrogens (primary N) is 1. The zero-order valence-corrected chi connectivity index (χ0v) is 26.2. The first-order valence-corrected chi connectivity index (χ1v) is 15.6. The van der Waals surface area contributed by atoms with Crippen molar-refractivity contribution in [2.45, 2.75) is 54.9 Å². The Morgan fingerprint density at radius 1 is 0.857 bits per heavy atom. The van der Waals surface area contributed by atoms with Crippen LogP contribution in [0.3, 0.4) is 0 Å². The number of hydrogen-bond acceptors (Lipinski definition) is 10. The maximum atomic E-state index is 13.7. The minimum Gasteiger partial charge on any atom is -0.491 e. The molecule has 0 aromatic heterocycles. The normalized spacial score (nSPS) is 20.5. The number of carbonyl (C=O) groups excluding carboxylic acids is 1. The Balaban J connectivity index is 1.34. The zero-order chi connectivity index (χ0) is 35.3. The molecular weight excluding hydrogens is 640 g/mol. The van der Waals surface area contributed by atoms with Crippen LogP contribution in [0.1, 0.15) is 36.1 Å². The Kier molecular flexibility index (Phi) is 11.1. The van der Waals surface area contributed by atoms with E-state index < -0.39 is 72.8 Å². The van der Waals surface area contributed by atoms with Crippen molar-refractivity contribution < 1.29 is 43.8 Å². The quantitative estimate of drug-likeness (QED) is 0.0809. The van der Waals surface area contributed by atoms with Crippen LogP contribution in [0.2, 0.25) is 0 Å². The highest BCUT2D eigenvalue weighted by Gasteiger charge is 2.59. The average Bonchev–Trinajstić information content (AvgIpc) is 3.12. The van der Waals surface area contributed by atoms with Crippen LogP contribution >= 0.6 is 0 Å². The predicted octanol–water partition coefficient (Wildman–Crippen LogP) is 3.52. The number of carbonyl (C=O) groups is 1. The summed E-state index contributed by atoms with van der Waals surface area (Å²) in [5.74, 6) is -0.958. The molecule has 5 rings (SSSR count). The van der Waals surface area contributed by atoms with Gasteiger partial charge in [0.25, 0.3) is 0 Å². The smallest absolute Gasteiger partial charge is 0.250 e. The van der Waals surface area contributed by atoms with Crippen molar-refractivity contribution in [3.05, 3.63) is 125 Å². The molecule has 0 aliphatic carbocycles. The summed E-state index contributed by atoms with van der Waals surface area (Å²) in [6, 6.07) is 22.7. The zero-order valence-electron chi connectivity index (χ0n) is 26.2. The second kappa shape index (κ2) is 15.3. The second-order valence-electron chi connectivity index (χ2n) is 12.1. The Labute approximate surface area is 280 Å². The predicted molar refractivity (Wildman–Crippen MR) is 176 cm³/mol. The van der Waals surface area contributed by atoms with Gasteiger partial charge in [0.15, 0.2) is 0 Å². The molecule has 4 aromatic rings. The number of aliphatic hydroxyl groups is 5. The number of β-lactam (4-membered cyclic amide) rings is 1. The topological polar surface area (TPSA) is 186 Å². The van der Waals surface area contributed by atoms with Gasteiger partial charge in [-0.2, -0.15) is 4.91 Å². The molecule has 0 radical (unpaired) electrons. The van der Waals surface area contributed by atoms with Gasteiger partial charge in [0, 0.05) is 5.69 Å². The number of hydrogen-bond donors (Lipinski definition) is 6. The Morgan fingerprint density at radius 2 is 1.49 bits per heavy atom. The molecule has 49 heavy (non-hydrogen) atoms. The third-order valence-corrected chi connectivity index (χ3v) is 8.82. The van der Waals surface area contributed by atoms with Crippen LogP contribution in [0.25, 0.3) is 11.1 Å². The highest BCUT2D eigenvalue weighted by Crippen LogP contribution is 2.48. The van der Waals surface area contributed by atoms with Crippen LogP contribution in [-0.4, -0.2) is 74.5 Å². The van der Waals surface area contributed by atoms with Crippen LogP contribution in [-0.2, 0) is 4.79 Å². The molecule has 1 aliphatic heterocycles. The van der Waals surface area contributed by atoms with Crippen molar-refractivity contribution in [1.82, 2.24) is 0 Å². The molecule has 7 atom stereocenters. The van der Waals surface area contributed by atoms with Crippen LogP contribution in [0.15, 0.2) is 102 Å². The Hall–Kier alpha value is -4.63. The maximum absolute atomic E-state index is 13.7. The van der Waals surface area contributed by atoms with Crippen molar-refractivity contribution in [2.24, 2.45) is 10.9 Å². The lowest BCUT2D eigenvalue weighted by molar-refractivity contribution is -0.133. The van der Waals surface area contributed by atoms with E-state index in [0.717, 1.165) is 11.1 Å². The highest BCUT2D eigenvalue weighted by molar-refractivity contribution is 6.09. The first-order valence-electron chi connectivity index (χ1n) is 15.6. The fourth-order valence-corrected chi connectivity index (χ4v) is 6.01.